The van der Waals surface area contributed by atoms with Gasteiger partial charge >= 0.3 is 0 Å². The van der Waals surface area contributed by atoms with Crippen LogP contribution in [0, 0.1) is 5.92 Å². The molecular formula is C24H21ClN2O2. The Kier molecular flexibility index (Phi) is 4.44. The zero-order chi connectivity index (χ0) is 20.0. The summed E-state index contributed by atoms with van der Waals surface area (Å²) in [5, 5.41) is 10.7. The molecular weight excluding hydrogens is 384 g/mol. The molecule has 146 valence electrons. The number of phenolic OH excluding ortho intramolecular Hbond substituents is 1. The predicted molar refractivity (Wildman–Crippen MR) is 116 cm³/mol. The second-order valence-electron chi connectivity index (χ2n) is 7.80. The third kappa shape index (κ3) is 3.45. The molecule has 2 N–H and O–H groups in total. The second kappa shape index (κ2) is 7.12. The van der Waals surface area contributed by atoms with Crippen molar-refractivity contribution in [2.45, 2.75) is 25.9 Å². The molecule has 1 aliphatic rings. The number of H-pyrrole nitrogens is 1. The zero-order valence-electron chi connectivity index (χ0n) is 16.0. The fraction of sp³-hybridized carbons (Fsp3) is 0.208. The van der Waals surface area contributed by atoms with Crippen molar-refractivity contribution in [2.75, 3.05) is 0 Å². The van der Waals surface area contributed by atoms with Gasteiger partial charge in [-0.1, -0.05) is 61.0 Å². The van der Waals surface area contributed by atoms with Crippen molar-refractivity contribution >= 4 is 22.6 Å². The van der Waals surface area contributed by atoms with Gasteiger partial charge in [0, 0.05) is 11.1 Å². The third-order valence-corrected chi connectivity index (χ3v) is 5.88. The quantitative estimate of drug-likeness (QED) is 0.411. The largest absolute Gasteiger partial charge is 0.507 e. The normalized spacial score (nSPS) is 18.6. The number of hydrogen-bond donors (Lipinski definition) is 2. The molecule has 1 aromatic heterocycles. The summed E-state index contributed by atoms with van der Waals surface area (Å²) in [4.78, 5) is 7.81. The summed E-state index contributed by atoms with van der Waals surface area (Å²) in [5.74, 6) is 0.996. The van der Waals surface area contributed by atoms with Crippen LogP contribution in [0.25, 0.3) is 33.3 Å². The van der Waals surface area contributed by atoms with Gasteiger partial charge in [-0.25, -0.2) is 0 Å². The van der Waals surface area contributed by atoms with E-state index in [9.17, 15) is 5.11 Å². The Bertz CT molecular complexity index is 1180. The number of phenols is 1. The van der Waals surface area contributed by atoms with Crippen molar-refractivity contribution < 1.29 is 9.84 Å². The smallest absolute Gasteiger partial charge is 0.294 e. The molecule has 0 radical (unpaired) electrons. The number of ether oxygens (including phenoxy) is 1. The van der Waals surface area contributed by atoms with Crippen LogP contribution in [-0.2, 0) is 0 Å². The lowest BCUT2D eigenvalue weighted by molar-refractivity contribution is 0.0661. The first-order chi connectivity index (χ1) is 14.1. The fourth-order valence-electron chi connectivity index (χ4n) is 3.91. The van der Waals surface area contributed by atoms with Gasteiger partial charge in [0.2, 0.25) is 0 Å². The van der Waals surface area contributed by atoms with E-state index in [2.05, 4.69) is 16.9 Å². The van der Waals surface area contributed by atoms with Crippen molar-refractivity contribution in [2.24, 2.45) is 5.92 Å². The highest BCUT2D eigenvalue weighted by Crippen LogP contribution is 2.36. The van der Waals surface area contributed by atoms with Crippen LogP contribution in [0.4, 0.5) is 0 Å². The molecule has 4 nitrogen and oxygen atoms in total. The third-order valence-electron chi connectivity index (χ3n) is 5.57. The summed E-state index contributed by atoms with van der Waals surface area (Å²) in [7, 11) is 0. The van der Waals surface area contributed by atoms with Crippen molar-refractivity contribution in [1.29, 1.82) is 0 Å². The minimum Gasteiger partial charge on any atom is -0.507 e. The highest BCUT2D eigenvalue weighted by molar-refractivity contribution is 6.34. The van der Waals surface area contributed by atoms with E-state index in [4.69, 9.17) is 16.3 Å². The number of hydrogen-bond acceptors (Lipinski definition) is 3. The summed E-state index contributed by atoms with van der Waals surface area (Å²) in [6, 6.07) is 19.7. The van der Waals surface area contributed by atoms with Gasteiger partial charge in [0.1, 0.15) is 11.9 Å². The van der Waals surface area contributed by atoms with Gasteiger partial charge < -0.3 is 14.8 Å². The summed E-state index contributed by atoms with van der Waals surface area (Å²) >= 11 is 6.56. The van der Waals surface area contributed by atoms with Crippen LogP contribution in [0.3, 0.4) is 0 Å². The Morgan fingerprint density at radius 2 is 1.69 bits per heavy atom. The van der Waals surface area contributed by atoms with Gasteiger partial charge in [-0.3, -0.25) is 0 Å². The van der Waals surface area contributed by atoms with Crippen LogP contribution in [0.2, 0.25) is 5.02 Å². The summed E-state index contributed by atoms with van der Waals surface area (Å²) in [6.45, 7) is 2.23. The number of para-hydroxylation sites is 1. The van der Waals surface area contributed by atoms with Crippen molar-refractivity contribution in [3.05, 3.63) is 65.7 Å². The molecule has 0 amide bonds. The van der Waals surface area contributed by atoms with E-state index >= 15 is 0 Å². The molecule has 1 heterocycles. The van der Waals surface area contributed by atoms with Crippen LogP contribution in [0.5, 0.6) is 11.8 Å². The maximum absolute atomic E-state index is 10.1. The van der Waals surface area contributed by atoms with Crippen LogP contribution in [0.15, 0.2) is 60.7 Å². The molecule has 0 unspecified atom stereocenters. The van der Waals surface area contributed by atoms with Gasteiger partial charge in [-0.15, -0.1) is 0 Å². The Balaban J connectivity index is 1.45. The number of aromatic amines is 1. The van der Waals surface area contributed by atoms with Crippen LogP contribution < -0.4 is 4.74 Å². The molecule has 0 atom stereocenters. The van der Waals surface area contributed by atoms with Crippen LogP contribution in [-0.4, -0.2) is 21.2 Å². The van der Waals surface area contributed by atoms with Crippen molar-refractivity contribution in [3.63, 3.8) is 0 Å². The monoisotopic (exact) mass is 404 g/mol. The first-order valence-electron chi connectivity index (χ1n) is 9.81. The van der Waals surface area contributed by atoms with E-state index in [1.807, 2.05) is 54.6 Å². The van der Waals surface area contributed by atoms with Gasteiger partial charge in [0.05, 0.1) is 16.1 Å². The molecule has 1 saturated carbocycles. The number of imidazole rings is 1. The zero-order valence-corrected chi connectivity index (χ0v) is 16.8. The Morgan fingerprint density at radius 3 is 2.38 bits per heavy atom. The molecule has 0 saturated heterocycles. The highest BCUT2D eigenvalue weighted by atomic mass is 35.5. The van der Waals surface area contributed by atoms with E-state index in [0.29, 0.717) is 11.0 Å². The second-order valence-corrected chi connectivity index (χ2v) is 8.21. The molecule has 1 aliphatic carbocycles. The summed E-state index contributed by atoms with van der Waals surface area (Å²) in [5.41, 5.74) is 5.37. The lowest BCUT2D eigenvalue weighted by atomic mass is 9.84. The number of aromatic nitrogens is 2. The van der Waals surface area contributed by atoms with Crippen LogP contribution >= 0.6 is 11.6 Å². The molecule has 5 heteroatoms. The van der Waals surface area contributed by atoms with Crippen molar-refractivity contribution in [3.8, 4) is 34.0 Å². The standard InChI is InChI=1S/C24H21ClN2O2/c1-14-10-17(11-14)29-24-26-21-12-19(20(25)13-22(21)27-24)16-8-6-15(7-9-16)18-4-2-3-5-23(18)28/h2-9,12-14,17,28H,10-11H2,1H3,(H,26,27). The number of fused-ring (bicyclic) bond motifs is 1. The van der Waals surface area contributed by atoms with Gasteiger partial charge in [0.25, 0.3) is 6.01 Å². The van der Waals surface area contributed by atoms with Gasteiger partial charge in [-0.05, 0) is 48.1 Å². The number of nitrogens with zero attached hydrogens (tertiary/aromatic N) is 1. The average molecular weight is 405 g/mol. The van der Waals surface area contributed by atoms with E-state index in [0.717, 1.165) is 52.0 Å². The maximum Gasteiger partial charge on any atom is 0.294 e. The molecule has 1 fully saturated rings. The van der Waals surface area contributed by atoms with E-state index < -0.39 is 0 Å². The van der Waals surface area contributed by atoms with E-state index in [1.165, 1.54) is 0 Å². The number of rotatable bonds is 4. The molecule has 4 aromatic rings. The Hall–Kier alpha value is -2.98. The highest BCUT2D eigenvalue weighted by Gasteiger charge is 2.28. The first-order valence-corrected chi connectivity index (χ1v) is 10.2. The average Bonchev–Trinajstić information content (AvgIpc) is 3.08. The van der Waals surface area contributed by atoms with Gasteiger partial charge in [-0.2, -0.15) is 4.98 Å². The first kappa shape index (κ1) is 18.1. The molecule has 3 aromatic carbocycles. The van der Waals surface area contributed by atoms with E-state index in [-0.39, 0.29) is 11.9 Å². The fourth-order valence-corrected chi connectivity index (χ4v) is 4.19. The summed E-state index contributed by atoms with van der Waals surface area (Å²) in [6.07, 6.45) is 2.40. The molecule has 0 bridgehead atoms. The molecule has 0 spiro atoms. The number of nitrogens with one attached hydrogen (secondary N) is 1. The SMILES string of the molecule is CC1CC(Oc2nc3cc(-c4ccc(-c5ccccc5O)cc4)c(Cl)cc3[nH]2)C1. The number of halogens is 1. The van der Waals surface area contributed by atoms with E-state index in [1.54, 1.807) is 6.07 Å². The number of aromatic hydroxyl groups is 1. The lowest BCUT2D eigenvalue weighted by Gasteiger charge is -2.31. The van der Waals surface area contributed by atoms with Crippen molar-refractivity contribution in [1.82, 2.24) is 9.97 Å². The Labute approximate surface area is 174 Å². The maximum atomic E-state index is 10.1. The summed E-state index contributed by atoms with van der Waals surface area (Å²) < 4.78 is 5.93. The van der Waals surface area contributed by atoms with Crippen LogP contribution in [0.1, 0.15) is 19.8 Å². The molecule has 0 aliphatic heterocycles. The predicted octanol–water partition coefficient (Wildman–Crippen LogP) is 6.43. The lowest BCUT2D eigenvalue weighted by Crippen LogP contribution is -2.32. The van der Waals surface area contributed by atoms with Gasteiger partial charge in [0.15, 0.2) is 0 Å². The molecule has 5 rings (SSSR count). The minimum atomic E-state index is 0.252. The minimum absolute atomic E-state index is 0.252. The molecule has 29 heavy (non-hydrogen) atoms. The number of benzene rings is 3. The Morgan fingerprint density at radius 1 is 1.00 bits per heavy atom. The topological polar surface area (TPSA) is 58.1 Å².